The number of rotatable bonds is 5. The fourth-order valence-corrected chi connectivity index (χ4v) is 2.00. The normalized spacial score (nSPS) is 14.8. The number of carbonyl (C=O) groups is 1. The third-order valence-electron chi connectivity index (χ3n) is 2.80. The first-order valence-electron chi connectivity index (χ1n) is 6.36. The molecule has 0 aromatic heterocycles. The Morgan fingerprint density at radius 2 is 2.11 bits per heavy atom. The molecular formula is C14H19NO4. The molecule has 5 nitrogen and oxygen atoms in total. The van der Waals surface area contributed by atoms with Crippen molar-refractivity contribution in [2.75, 3.05) is 26.9 Å². The minimum absolute atomic E-state index is 0.00899. The number of hydrogen-bond donors (Lipinski definition) is 1. The van der Waals surface area contributed by atoms with Crippen LogP contribution in [0.2, 0.25) is 0 Å². The van der Waals surface area contributed by atoms with Crippen molar-refractivity contribution in [2.45, 2.75) is 19.4 Å². The van der Waals surface area contributed by atoms with Crippen molar-refractivity contribution >= 4 is 5.91 Å². The van der Waals surface area contributed by atoms with Crippen LogP contribution >= 0.6 is 0 Å². The molecule has 0 unspecified atom stereocenters. The smallest absolute Gasteiger partial charge is 0.224 e. The molecule has 0 spiro atoms. The summed E-state index contributed by atoms with van der Waals surface area (Å²) in [5, 5.41) is 2.87. The van der Waals surface area contributed by atoms with E-state index in [1.54, 1.807) is 7.11 Å². The van der Waals surface area contributed by atoms with Crippen molar-refractivity contribution in [2.24, 2.45) is 0 Å². The lowest BCUT2D eigenvalue weighted by atomic mass is 10.1. The van der Waals surface area contributed by atoms with Crippen LogP contribution in [0.3, 0.4) is 0 Å². The zero-order valence-electron chi connectivity index (χ0n) is 11.3. The fourth-order valence-electron chi connectivity index (χ4n) is 2.00. The molecule has 5 heteroatoms. The van der Waals surface area contributed by atoms with Gasteiger partial charge in [-0.05, 0) is 24.6 Å². The van der Waals surface area contributed by atoms with Crippen LogP contribution in [0.25, 0.3) is 0 Å². The lowest BCUT2D eigenvalue weighted by molar-refractivity contribution is -0.121. The standard InChI is InChI=1S/C14H19NO4/c1-10(9-17-2)15-14(16)8-11-3-4-12-13(7-11)19-6-5-18-12/h3-4,7,10H,5-6,8-9H2,1-2H3,(H,15,16)/t10-/m1/s1. The van der Waals surface area contributed by atoms with Crippen LogP contribution in [-0.4, -0.2) is 38.9 Å². The predicted octanol–water partition coefficient (Wildman–Crippen LogP) is 1.15. The zero-order chi connectivity index (χ0) is 13.7. The Hall–Kier alpha value is -1.75. The number of hydrogen-bond acceptors (Lipinski definition) is 4. The van der Waals surface area contributed by atoms with Crippen LogP contribution < -0.4 is 14.8 Å². The van der Waals surface area contributed by atoms with E-state index in [4.69, 9.17) is 14.2 Å². The monoisotopic (exact) mass is 265 g/mol. The van der Waals surface area contributed by atoms with Gasteiger partial charge in [0.2, 0.25) is 5.91 Å². The molecule has 0 radical (unpaired) electrons. The number of fused-ring (bicyclic) bond motifs is 1. The molecule has 1 aliphatic heterocycles. The van der Waals surface area contributed by atoms with E-state index in [9.17, 15) is 4.79 Å². The van der Waals surface area contributed by atoms with Crippen LogP contribution in [0.4, 0.5) is 0 Å². The molecule has 0 fully saturated rings. The van der Waals surface area contributed by atoms with Gasteiger partial charge in [-0.15, -0.1) is 0 Å². The molecule has 0 aliphatic carbocycles. The van der Waals surface area contributed by atoms with Crippen molar-refractivity contribution in [3.8, 4) is 11.5 Å². The van der Waals surface area contributed by atoms with Crippen molar-refractivity contribution < 1.29 is 19.0 Å². The second kappa shape index (κ2) is 6.43. The van der Waals surface area contributed by atoms with E-state index in [1.807, 2.05) is 25.1 Å². The highest BCUT2D eigenvalue weighted by Gasteiger charge is 2.13. The van der Waals surface area contributed by atoms with Crippen molar-refractivity contribution in [1.29, 1.82) is 0 Å². The van der Waals surface area contributed by atoms with Gasteiger partial charge in [0.15, 0.2) is 11.5 Å². The van der Waals surface area contributed by atoms with Crippen LogP contribution in [0, 0.1) is 0 Å². The molecule has 0 bridgehead atoms. The maximum absolute atomic E-state index is 11.8. The Kier molecular flexibility index (Phi) is 4.63. The minimum Gasteiger partial charge on any atom is -0.486 e. The number of methoxy groups -OCH3 is 1. The van der Waals surface area contributed by atoms with E-state index in [0.29, 0.717) is 32.0 Å². The third kappa shape index (κ3) is 3.86. The first-order chi connectivity index (χ1) is 9.19. The summed E-state index contributed by atoms with van der Waals surface area (Å²) in [4.78, 5) is 11.8. The van der Waals surface area contributed by atoms with Gasteiger partial charge in [-0.3, -0.25) is 4.79 Å². The Bertz CT molecular complexity index is 447. The van der Waals surface area contributed by atoms with Crippen molar-refractivity contribution in [1.82, 2.24) is 5.32 Å². The van der Waals surface area contributed by atoms with Gasteiger partial charge in [-0.25, -0.2) is 0 Å². The summed E-state index contributed by atoms with van der Waals surface area (Å²) in [5.41, 5.74) is 0.909. The topological polar surface area (TPSA) is 56.8 Å². The molecule has 1 heterocycles. The van der Waals surface area contributed by atoms with Gasteiger partial charge in [-0.1, -0.05) is 6.07 Å². The van der Waals surface area contributed by atoms with Crippen LogP contribution in [0.5, 0.6) is 11.5 Å². The summed E-state index contributed by atoms with van der Waals surface area (Å²) < 4.78 is 15.9. The molecule has 0 saturated carbocycles. The largest absolute Gasteiger partial charge is 0.486 e. The lowest BCUT2D eigenvalue weighted by Crippen LogP contribution is -2.36. The highest BCUT2D eigenvalue weighted by molar-refractivity contribution is 5.79. The van der Waals surface area contributed by atoms with E-state index in [-0.39, 0.29) is 11.9 Å². The molecule has 1 atom stereocenters. The molecule has 1 aliphatic rings. The first kappa shape index (κ1) is 13.7. The molecular weight excluding hydrogens is 246 g/mol. The average molecular weight is 265 g/mol. The Morgan fingerprint density at radius 1 is 1.37 bits per heavy atom. The van der Waals surface area contributed by atoms with Gasteiger partial charge in [0.1, 0.15) is 13.2 Å². The number of amides is 1. The fraction of sp³-hybridized carbons (Fsp3) is 0.500. The average Bonchev–Trinajstić information content (AvgIpc) is 2.38. The SMILES string of the molecule is COC[C@@H](C)NC(=O)Cc1ccc2c(c1)OCCO2. The molecule has 1 aromatic carbocycles. The van der Waals surface area contributed by atoms with Crippen LogP contribution in [0.15, 0.2) is 18.2 Å². The quantitative estimate of drug-likeness (QED) is 0.867. The first-order valence-corrected chi connectivity index (χ1v) is 6.36. The number of benzene rings is 1. The predicted molar refractivity (Wildman–Crippen MR) is 70.6 cm³/mol. The maximum Gasteiger partial charge on any atom is 0.224 e. The Labute approximate surface area is 112 Å². The molecule has 19 heavy (non-hydrogen) atoms. The minimum atomic E-state index is -0.0266. The summed E-state index contributed by atoms with van der Waals surface area (Å²) in [6, 6.07) is 5.59. The van der Waals surface area contributed by atoms with Gasteiger partial charge in [0, 0.05) is 13.2 Å². The van der Waals surface area contributed by atoms with Crippen LogP contribution in [0.1, 0.15) is 12.5 Å². The molecule has 1 aromatic rings. The van der Waals surface area contributed by atoms with Gasteiger partial charge in [-0.2, -0.15) is 0 Å². The second-order valence-corrected chi connectivity index (χ2v) is 4.58. The molecule has 1 N–H and O–H groups in total. The molecule has 1 amide bonds. The summed E-state index contributed by atoms with van der Waals surface area (Å²) in [5.74, 6) is 1.42. The van der Waals surface area contributed by atoms with E-state index in [2.05, 4.69) is 5.32 Å². The highest BCUT2D eigenvalue weighted by atomic mass is 16.6. The Balaban J connectivity index is 1.93. The van der Waals surface area contributed by atoms with E-state index in [1.165, 1.54) is 0 Å². The number of carbonyl (C=O) groups excluding carboxylic acids is 1. The van der Waals surface area contributed by atoms with E-state index in [0.717, 1.165) is 11.3 Å². The van der Waals surface area contributed by atoms with Gasteiger partial charge in [0.05, 0.1) is 13.0 Å². The Morgan fingerprint density at radius 3 is 2.84 bits per heavy atom. The molecule has 2 rings (SSSR count). The number of nitrogens with one attached hydrogen (secondary N) is 1. The molecule has 104 valence electrons. The van der Waals surface area contributed by atoms with Gasteiger partial charge >= 0.3 is 0 Å². The van der Waals surface area contributed by atoms with E-state index < -0.39 is 0 Å². The summed E-state index contributed by atoms with van der Waals surface area (Å²) in [7, 11) is 1.61. The number of ether oxygens (including phenoxy) is 3. The summed E-state index contributed by atoms with van der Waals surface area (Å²) >= 11 is 0. The zero-order valence-corrected chi connectivity index (χ0v) is 11.3. The van der Waals surface area contributed by atoms with Crippen molar-refractivity contribution in [3.63, 3.8) is 0 Å². The van der Waals surface area contributed by atoms with Crippen molar-refractivity contribution in [3.05, 3.63) is 23.8 Å². The summed E-state index contributed by atoms with van der Waals surface area (Å²) in [6.45, 7) is 3.53. The summed E-state index contributed by atoms with van der Waals surface area (Å²) in [6.07, 6.45) is 0.324. The maximum atomic E-state index is 11.8. The second-order valence-electron chi connectivity index (χ2n) is 4.58. The third-order valence-corrected chi connectivity index (χ3v) is 2.80. The van der Waals surface area contributed by atoms with Crippen LogP contribution in [-0.2, 0) is 16.0 Å². The van der Waals surface area contributed by atoms with Gasteiger partial charge < -0.3 is 19.5 Å². The molecule has 0 saturated heterocycles. The van der Waals surface area contributed by atoms with E-state index >= 15 is 0 Å². The lowest BCUT2D eigenvalue weighted by Gasteiger charge is -2.19. The highest BCUT2D eigenvalue weighted by Crippen LogP contribution is 2.30. The van der Waals surface area contributed by atoms with Gasteiger partial charge in [0.25, 0.3) is 0 Å².